The van der Waals surface area contributed by atoms with Crippen LogP contribution in [0.4, 0.5) is 5.69 Å². The lowest BCUT2D eigenvalue weighted by Crippen LogP contribution is -2.20. The molecule has 1 aromatic rings. The van der Waals surface area contributed by atoms with Crippen molar-refractivity contribution in [1.82, 2.24) is 0 Å². The average Bonchev–Trinajstić information content (AvgIpc) is 3.10. The third-order valence-electron chi connectivity index (χ3n) is 5.01. The number of rotatable bonds is 5. The van der Waals surface area contributed by atoms with Crippen LogP contribution < -0.4 is 14.8 Å². The van der Waals surface area contributed by atoms with Crippen LogP contribution in [0.2, 0.25) is 0 Å². The number of methoxy groups -OCH3 is 2. The Kier molecular flexibility index (Phi) is 4.04. The molecule has 0 spiro atoms. The fourth-order valence-corrected chi connectivity index (χ4v) is 3.97. The highest BCUT2D eigenvalue weighted by Crippen LogP contribution is 2.49. The lowest BCUT2D eigenvalue weighted by Gasteiger charge is -2.21. The highest BCUT2D eigenvalue weighted by molar-refractivity contribution is 5.92. The number of fused-ring (bicyclic) bond motifs is 2. The van der Waals surface area contributed by atoms with Crippen molar-refractivity contribution >= 4 is 11.6 Å². The Morgan fingerprint density at radius 2 is 2.10 bits per heavy atom. The molecule has 0 aliphatic heterocycles. The molecule has 2 aliphatic rings. The molecule has 4 nitrogen and oxygen atoms in total. The molecule has 4 heteroatoms. The molecule has 3 atom stereocenters. The zero-order chi connectivity index (χ0) is 14.8. The Hall–Kier alpha value is -1.71. The maximum atomic E-state index is 12.3. The Bertz CT molecular complexity index is 529. The van der Waals surface area contributed by atoms with E-state index >= 15 is 0 Å². The van der Waals surface area contributed by atoms with Crippen molar-refractivity contribution < 1.29 is 14.3 Å². The standard InChI is InChI=1S/C17H23NO3/c1-20-14-5-6-15(16(10-14)21-2)18-17(19)9-13-8-11-3-4-12(13)7-11/h5-6,10-13H,3-4,7-9H2,1-2H3,(H,18,19)/t11-,12-,13+/m1/s1. The number of hydrogen-bond acceptors (Lipinski definition) is 3. The monoisotopic (exact) mass is 289 g/mol. The first-order valence-electron chi connectivity index (χ1n) is 7.71. The molecule has 3 rings (SSSR count). The molecular formula is C17H23NO3. The molecule has 0 saturated heterocycles. The van der Waals surface area contributed by atoms with Crippen molar-refractivity contribution in [2.75, 3.05) is 19.5 Å². The molecular weight excluding hydrogens is 266 g/mol. The minimum absolute atomic E-state index is 0.0935. The van der Waals surface area contributed by atoms with Crippen LogP contribution in [0, 0.1) is 17.8 Å². The van der Waals surface area contributed by atoms with E-state index in [9.17, 15) is 4.79 Å². The molecule has 0 unspecified atom stereocenters. The van der Waals surface area contributed by atoms with Crippen LogP contribution in [0.25, 0.3) is 0 Å². The molecule has 0 aromatic heterocycles. The van der Waals surface area contributed by atoms with Gasteiger partial charge >= 0.3 is 0 Å². The summed E-state index contributed by atoms with van der Waals surface area (Å²) in [7, 11) is 3.21. The number of carbonyl (C=O) groups excluding carboxylic acids is 1. The normalized spacial score (nSPS) is 26.7. The van der Waals surface area contributed by atoms with Gasteiger partial charge in [-0.15, -0.1) is 0 Å². The molecule has 1 amide bonds. The first kappa shape index (κ1) is 14.2. The highest BCUT2D eigenvalue weighted by atomic mass is 16.5. The maximum Gasteiger partial charge on any atom is 0.224 e. The summed E-state index contributed by atoms with van der Waals surface area (Å²) in [6.45, 7) is 0. The van der Waals surface area contributed by atoms with Gasteiger partial charge in [-0.3, -0.25) is 4.79 Å². The summed E-state index contributed by atoms with van der Waals surface area (Å²) in [4.78, 5) is 12.3. The molecule has 21 heavy (non-hydrogen) atoms. The number of nitrogens with one attached hydrogen (secondary N) is 1. The second kappa shape index (κ2) is 5.96. The van der Waals surface area contributed by atoms with Crippen molar-refractivity contribution in [3.05, 3.63) is 18.2 Å². The summed E-state index contributed by atoms with van der Waals surface area (Å²) >= 11 is 0. The number of carbonyl (C=O) groups is 1. The third-order valence-corrected chi connectivity index (χ3v) is 5.01. The predicted molar refractivity (Wildman–Crippen MR) is 81.7 cm³/mol. The summed E-state index contributed by atoms with van der Waals surface area (Å²) in [5, 5.41) is 2.98. The molecule has 114 valence electrons. The molecule has 2 bridgehead atoms. The number of hydrogen-bond donors (Lipinski definition) is 1. The van der Waals surface area contributed by atoms with Gasteiger partial charge in [0, 0.05) is 12.5 Å². The van der Waals surface area contributed by atoms with Crippen molar-refractivity contribution in [1.29, 1.82) is 0 Å². The molecule has 0 heterocycles. The minimum atomic E-state index is 0.0935. The summed E-state index contributed by atoms with van der Waals surface area (Å²) in [6, 6.07) is 5.44. The number of ether oxygens (including phenoxy) is 2. The third kappa shape index (κ3) is 2.99. The largest absolute Gasteiger partial charge is 0.497 e. The van der Waals surface area contributed by atoms with Gasteiger partial charge in [0.25, 0.3) is 0 Å². The smallest absolute Gasteiger partial charge is 0.224 e. The average molecular weight is 289 g/mol. The minimum Gasteiger partial charge on any atom is -0.497 e. The summed E-state index contributed by atoms with van der Waals surface area (Å²) in [5.41, 5.74) is 0.714. The van der Waals surface area contributed by atoms with Gasteiger partial charge in [0.1, 0.15) is 11.5 Å². The van der Waals surface area contributed by atoms with Crippen LogP contribution in [-0.2, 0) is 4.79 Å². The second-order valence-corrected chi connectivity index (χ2v) is 6.25. The Morgan fingerprint density at radius 3 is 2.71 bits per heavy atom. The first-order valence-corrected chi connectivity index (χ1v) is 7.71. The van der Waals surface area contributed by atoms with E-state index < -0.39 is 0 Å². The van der Waals surface area contributed by atoms with Crippen LogP contribution >= 0.6 is 0 Å². The highest BCUT2D eigenvalue weighted by Gasteiger charge is 2.40. The molecule has 1 aromatic carbocycles. The Morgan fingerprint density at radius 1 is 1.24 bits per heavy atom. The van der Waals surface area contributed by atoms with E-state index in [0.717, 1.165) is 17.6 Å². The van der Waals surface area contributed by atoms with Gasteiger partial charge in [-0.1, -0.05) is 6.42 Å². The lowest BCUT2D eigenvalue weighted by atomic mass is 9.86. The van der Waals surface area contributed by atoms with Gasteiger partial charge in [-0.05, 0) is 49.1 Å². The number of amides is 1. The van der Waals surface area contributed by atoms with E-state index in [4.69, 9.17) is 9.47 Å². The molecule has 2 aliphatic carbocycles. The molecule has 1 N–H and O–H groups in total. The number of anilines is 1. The van der Waals surface area contributed by atoms with Gasteiger partial charge in [0.2, 0.25) is 5.91 Å². The van der Waals surface area contributed by atoms with Crippen LogP contribution in [0.3, 0.4) is 0 Å². The van der Waals surface area contributed by atoms with E-state index in [0.29, 0.717) is 23.8 Å². The van der Waals surface area contributed by atoms with Gasteiger partial charge < -0.3 is 14.8 Å². The predicted octanol–water partition coefficient (Wildman–Crippen LogP) is 3.47. The van der Waals surface area contributed by atoms with Crippen LogP contribution in [0.15, 0.2) is 18.2 Å². The summed E-state index contributed by atoms with van der Waals surface area (Å²) in [6.07, 6.45) is 5.89. The Labute approximate surface area is 125 Å². The Balaban J connectivity index is 1.62. The second-order valence-electron chi connectivity index (χ2n) is 6.25. The fraction of sp³-hybridized carbons (Fsp3) is 0.588. The van der Waals surface area contributed by atoms with Crippen LogP contribution in [0.5, 0.6) is 11.5 Å². The quantitative estimate of drug-likeness (QED) is 0.903. The van der Waals surface area contributed by atoms with Crippen LogP contribution in [-0.4, -0.2) is 20.1 Å². The van der Waals surface area contributed by atoms with E-state index in [2.05, 4.69) is 5.32 Å². The van der Waals surface area contributed by atoms with E-state index in [-0.39, 0.29) is 5.91 Å². The zero-order valence-corrected chi connectivity index (χ0v) is 12.7. The van der Waals surface area contributed by atoms with E-state index in [1.807, 2.05) is 12.1 Å². The van der Waals surface area contributed by atoms with Crippen molar-refractivity contribution in [2.45, 2.75) is 32.1 Å². The van der Waals surface area contributed by atoms with E-state index in [1.165, 1.54) is 25.7 Å². The van der Waals surface area contributed by atoms with Gasteiger partial charge in [0.05, 0.1) is 19.9 Å². The SMILES string of the molecule is COc1ccc(NC(=O)C[C@@H]2C[C@@H]3CC[C@@H]2C3)c(OC)c1. The summed E-state index contributed by atoms with van der Waals surface area (Å²) in [5.74, 6) is 3.68. The van der Waals surface area contributed by atoms with Crippen molar-refractivity contribution in [2.24, 2.45) is 17.8 Å². The zero-order valence-electron chi connectivity index (χ0n) is 12.7. The lowest BCUT2D eigenvalue weighted by molar-refractivity contribution is -0.117. The first-order chi connectivity index (χ1) is 10.2. The van der Waals surface area contributed by atoms with E-state index in [1.54, 1.807) is 20.3 Å². The van der Waals surface area contributed by atoms with Crippen molar-refractivity contribution in [3.63, 3.8) is 0 Å². The summed E-state index contributed by atoms with van der Waals surface area (Å²) < 4.78 is 10.5. The van der Waals surface area contributed by atoms with Gasteiger partial charge in [-0.2, -0.15) is 0 Å². The maximum absolute atomic E-state index is 12.3. The number of benzene rings is 1. The topological polar surface area (TPSA) is 47.6 Å². The van der Waals surface area contributed by atoms with Crippen molar-refractivity contribution in [3.8, 4) is 11.5 Å². The molecule has 0 radical (unpaired) electrons. The molecule has 2 saturated carbocycles. The van der Waals surface area contributed by atoms with Gasteiger partial charge in [0.15, 0.2) is 0 Å². The fourth-order valence-electron chi connectivity index (χ4n) is 3.97. The molecule has 2 fully saturated rings. The van der Waals surface area contributed by atoms with Crippen LogP contribution in [0.1, 0.15) is 32.1 Å². The van der Waals surface area contributed by atoms with Gasteiger partial charge in [-0.25, -0.2) is 0 Å².